The van der Waals surface area contributed by atoms with E-state index < -0.39 is 52.3 Å². The number of rotatable bonds is 1. The molecular weight excluding hydrogens is 429 g/mol. The van der Waals surface area contributed by atoms with Gasteiger partial charge in [-0.3, -0.25) is 0 Å². The molecule has 0 atom stereocenters. The van der Waals surface area contributed by atoms with Gasteiger partial charge in [-0.25, -0.2) is 0 Å². The fourth-order valence-electron chi connectivity index (χ4n) is 2.09. The third-order valence-electron chi connectivity index (χ3n) is 3.25. The summed E-state index contributed by atoms with van der Waals surface area (Å²) >= 11 is 4.11. The fraction of sp³-hybridized carbons (Fsp3) is 0.778. The predicted octanol–water partition coefficient (Wildman–Crippen LogP) is 6.07. The van der Waals surface area contributed by atoms with Crippen LogP contribution < -0.4 is 0 Å². The first-order valence-electron chi connectivity index (χ1n) is 5.27. The van der Waals surface area contributed by atoms with E-state index in [4.69, 9.17) is 0 Å². The molecule has 0 amide bonds. The highest BCUT2D eigenvalue weighted by Crippen LogP contribution is 2.73. The number of hydrogen-bond acceptors (Lipinski definition) is 0. The third kappa shape index (κ3) is 2.32. The third-order valence-corrected chi connectivity index (χ3v) is 3.67. The summed E-state index contributed by atoms with van der Waals surface area (Å²) in [6.07, 6.45) is -23.5. The molecule has 16 heteroatoms. The molecule has 148 valence electrons. The zero-order valence-corrected chi connectivity index (χ0v) is 11.3. The molecule has 1 aliphatic carbocycles. The molecular formula is C9ClF15. The lowest BCUT2D eigenvalue weighted by Gasteiger charge is -2.41. The number of allylic oxidation sites excluding steroid dienone is 2. The van der Waals surface area contributed by atoms with Crippen molar-refractivity contribution in [2.45, 2.75) is 36.3 Å². The Labute approximate surface area is 131 Å². The standard InChI is InChI=1S/C9ClF15/c10-2-1(4(11,12)6(15,16)5(2,13)14)3(7(17,18)19,8(20,21)22)9(23,24)25. The topological polar surface area (TPSA) is 0 Å². The quantitative estimate of drug-likeness (QED) is 0.445. The molecule has 0 fully saturated rings. The summed E-state index contributed by atoms with van der Waals surface area (Å²) in [5.41, 5.74) is -12.5. The van der Waals surface area contributed by atoms with E-state index in [1.54, 1.807) is 0 Å². The van der Waals surface area contributed by atoms with Crippen molar-refractivity contribution in [3.8, 4) is 0 Å². The minimum atomic E-state index is -7.82. The zero-order chi connectivity index (χ0) is 20.7. The molecule has 0 heterocycles. The van der Waals surface area contributed by atoms with Crippen LogP contribution in [-0.4, -0.2) is 36.3 Å². The summed E-state index contributed by atoms with van der Waals surface area (Å²) in [4.78, 5) is 0. The molecule has 0 nitrogen and oxygen atoms in total. The Morgan fingerprint density at radius 2 is 0.840 bits per heavy atom. The van der Waals surface area contributed by atoms with Gasteiger partial charge in [0.05, 0.1) is 5.57 Å². The van der Waals surface area contributed by atoms with Gasteiger partial charge in [0.25, 0.3) is 5.41 Å². The molecule has 0 aromatic rings. The first kappa shape index (κ1) is 22.0. The molecule has 25 heavy (non-hydrogen) atoms. The van der Waals surface area contributed by atoms with Crippen LogP contribution >= 0.6 is 11.6 Å². The molecule has 0 unspecified atom stereocenters. The van der Waals surface area contributed by atoms with E-state index in [9.17, 15) is 65.9 Å². The minimum Gasteiger partial charge on any atom is -0.194 e. The zero-order valence-electron chi connectivity index (χ0n) is 10.5. The van der Waals surface area contributed by atoms with Gasteiger partial charge in [0.1, 0.15) is 5.03 Å². The molecule has 0 spiro atoms. The van der Waals surface area contributed by atoms with Gasteiger partial charge in [-0.1, -0.05) is 11.6 Å². The van der Waals surface area contributed by atoms with Gasteiger partial charge in [-0.2, -0.15) is 65.9 Å². The summed E-state index contributed by atoms with van der Waals surface area (Å²) in [6, 6.07) is 0. The summed E-state index contributed by atoms with van der Waals surface area (Å²) < 4.78 is 193. The molecule has 1 rings (SSSR count). The van der Waals surface area contributed by atoms with Gasteiger partial charge < -0.3 is 0 Å². The van der Waals surface area contributed by atoms with Gasteiger partial charge in [0, 0.05) is 0 Å². The highest BCUT2D eigenvalue weighted by Gasteiger charge is 2.94. The predicted molar refractivity (Wildman–Crippen MR) is 48.3 cm³/mol. The van der Waals surface area contributed by atoms with Crippen LogP contribution in [0.3, 0.4) is 0 Å². The second-order valence-corrected chi connectivity index (χ2v) is 5.03. The van der Waals surface area contributed by atoms with Gasteiger partial charge in [-0.15, -0.1) is 0 Å². The molecule has 0 aromatic heterocycles. The van der Waals surface area contributed by atoms with Crippen LogP contribution in [0.5, 0.6) is 0 Å². The van der Waals surface area contributed by atoms with Gasteiger partial charge in [0.15, 0.2) is 0 Å². The van der Waals surface area contributed by atoms with E-state index >= 15 is 0 Å². The molecule has 0 aromatic carbocycles. The maximum atomic E-state index is 13.3. The SMILES string of the molecule is FC(F)(F)C(C1=C(Cl)C(F)(F)C(F)(F)C1(F)F)(C(F)(F)F)C(F)(F)F. The molecule has 0 radical (unpaired) electrons. The number of hydrogen-bond donors (Lipinski definition) is 0. The summed E-state index contributed by atoms with van der Waals surface area (Å²) in [6.45, 7) is 0. The largest absolute Gasteiger partial charge is 0.416 e. The van der Waals surface area contributed by atoms with E-state index in [0.29, 0.717) is 0 Å². The van der Waals surface area contributed by atoms with Crippen molar-refractivity contribution in [3.05, 3.63) is 10.6 Å². The Balaban J connectivity index is 4.21. The van der Waals surface area contributed by atoms with Crippen molar-refractivity contribution in [3.63, 3.8) is 0 Å². The van der Waals surface area contributed by atoms with Crippen molar-refractivity contribution in [1.82, 2.24) is 0 Å². The van der Waals surface area contributed by atoms with Crippen LogP contribution in [0.15, 0.2) is 10.6 Å². The van der Waals surface area contributed by atoms with Crippen LogP contribution in [0.25, 0.3) is 0 Å². The van der Waals surface area contributed by atoms with Crippen LogP contribution in [0.2, 0.25) is 0 Å². The van der Waals surface area contributed by atoms with E-state index in [0.717, 1.165) is 0 Å². The fourth-order valence-corrected chi connectivity index (χ4v) is 2.47. The van der Waals surface area contributed by atoms with Crippen molar-refractivity contribution in [2.24, 2.45) is 5.41 Å². The molecule has 0 saturated carbocycles. The smallest absolute Gasteiger partial charge is 0.194 e. The van der Waals surface area contributed by atoms with Crippen molar-refractivity contribution in [2.75, 3.05) is 0 Å². The Hall–Kier alpha value is -1.02. The van der Waals surface area contributed by atoms with E-state index in [2.05, 4.69) is 11.6 Å². The van der Waals surface area contributed by atoms with Crippen LogP contribution in [0, 0.1) is 5.41 Å². The molecule has 0 saturated heterocycles. The monoisotopic (exact) mass is 428 g/mol. The van der Waals surface area contributed by atoms with Crippen molar-refractivity contribution in [1.29, 1.82) is 0 Å². The lowest BCUT2D eigenvalue weighted by molar-refractivity contribution is -0.419. The summed E-state index contributed by atoms with van der Waals surface area (Å²) in [7, 11) is 0. The molecule has 0 bridgehead atoms. The van der Waals surface area contributed by atoms with E-state index in [1.807, 2.05) is 0 Å². The van der Waals surface area contributed by atoms with Crippen molar-refractivity contribution < 1.29 is 65.9 Å². The average Bonchev–Trinajstić information content (AvgIpc) is 2.35. The van der Waals surface area contributed by atoms with E-state index in [1.165, 1.54) is 0 Å². The maximum absolute atomic E-state index is 13.3. The van der Waals surface area contributed by atoms with Crippen LogP contribution in [0.1, 0.15) is 0 Å². The Morgan fingerprint density at radius 1 is 0.560 bits per heavy atom. The van der Waals surface area contributed by atoms with Crippen molar-refractivity contribution >= 4 is 11.6 Å². The highest BCUT2D eigenvalue weighted by atomic mass is 35.5. The number of alkyl halides is 15. The van der Waals surface area contributed by atoms with Gasteiger partial charge in [0.2, 0.25) is 0 Å². The van der Waals surface area contributed by atoms with Crippen LogP contribution in [0.4, 0.5) is 65.9 Å². The molecule has 0 aliphatic heterocycles. The van der Waals surface area contributed by atoms with E-state index in [-0.39, 0.29) is 0 Å². The van der Waals surface area contributed by atoms with Gasteiger partial charge >= 0.3 is 36.3 Å². The Bertz CT molecular complexity index is 550. The first-order chi connectivity index (χ1) is 10.5. The number of halogens is 16. The summed E-state index contributed by atoms with van der Waals surface area (Å²) in [5, 5.41) is -3.89. The Kier molecular flexibility index (Phi) is 4.43. The second kappa shape index (κ2) is 5.03. The lowest BCUT2D eigenvalue weighted by atomic mass is 9.75. The summed E-state index contributed by atoms with van der Waals surface area (Å²) in [5.74, 6) is -20.9. The highest BCUT2D eigenvalue weighted by molar-refractivity contribution is 6.31. The lowest BCUT2D eigenvalue weighted by Crippen LogP contribution is -2.64. The second-order valence-electron chi connectivity index (χ2n) is 4.66. The normalized spacial score (nSPS) is 24.0. The molecule has 0 N–H and O–H groups in total. The van der Waals surface area contributed by atoms with Gasteiger partial charge in [-0.05, 0) is 0 Å². The minimum absolute atomic E-state index is 3.89. The maximum Gasteiger partial charge on any atom is 0.416 e. The average molecular weight is 429 g/mol. The first-order valence-corrected chi connectivity index (χ1v) is 5.65. The molecule has 1 aliphatic rings. The Morgan fingerprint density at radius 3 is 1.00 bits per heavy atom. The van der Waals surface area contributed by atoms with Crippen LogP contribution in [-0.2, 0) is 0 Å².